The van der Waals surface area contributed by atoms with Gasteiger partial charge in [0.25, 0.3) is 0 Å². The summed E-state index contributed by atoms with van der Waals surface area (Å²) in [6, 6.07) is 6.71. The quantitative estimate of drug-likeness (QED) is 0.894. The van der Waals surface area contributed by atoms with Gasteiger partial charge in [0.1, 0.15) is 11.4 Å². The number of ether oxygens (including phenoxy) is 2. The molecule has 1 unspecified atom stereocenters. The van der Waals surface area contributed by atoms with Crippen molar-refractivity contribution < 1.29 is 14.3 Å². The van der Waals surface area contributed by atoms with E-state index in [0.29, 0.717) is 6.04 Å². The maximum Gasteiger partial charge on any atom is 0.410 e. The van der Waals surface area contributed by atoms with Gasteiger partial charge in [0.05, 0.1) is 6.61 Å². The number of carbonyl (C=O) groups is 1. The summed E-state index contributed by atoms with van der Waals surface area (Å²) in [7, 11) is 0. The van der Waals surface area contributed by atoms with E-state index in [4.69, 9.17) is 9.47 Å². The molecule has 3 rings (SSSR count). The number of hydrogen-bond donors (Lipinski definition) is 1. The predicted molar refractivity (Wildman–Crippen MR) is 94.7 cm³/mol. The van der Waals surface area contributed by atoms with E-state index in [-0.39, 0.29) is 6.09 Å². The Labute approximate surface area is 144 Å². The minimum atomic E-state index is -0.437. The molecule has 0 aromatic heterocycles. The van der Waals surface area contributed by atoms with Gasteiger partial charge in [0, 0.05) is 31.2 Å². The summed E-state index contributed by atoms with van der Waals surface area (Å²) >= 11 is 0. The smallest absolute Gasteiger partial charge is 0.410 e. The second-order valence-electron chi connectivity index (χ2n) is 7.66. The fourth-order valence-electron chi connectivity index (χ4n) is 3.26. The average molecular weight is 332 g/mol. The molecule has 0 bridgehead atoms. The fourth-order valence-corrected chi connectivity index (χ4v) is 3.26. The number of nitrogens with one attached hydrogen (secondary N) is 1. The monoisotopic (exact) mass is 332 g/mol. The van der Waals surface area contributed by atoms with E-state index in [0.717, 1.165) is 56.8 Å². The lowest BCUT2D eigenvalue weighted by Crippen LogP contribution is -2.37. The molecule has 132 valence electrons. The van der Waals surface area contributed by atoms with Gasteiger partial charge in [0.15, 0.2) is 0 Å². The summed E-state index contributed by atoms with van der Waals surface area (Å²) in [6.07, 6.45) is 3.78. The van der Waals surface area contributed by atoms with Crippen molar-refractivity contribution >= 4 is 11.8 Å². The summed E-state index contributed by atoms with van der Waals surface area (Å²) < 4.78 is 11.0. The lowest BCUT2D eigenvalue weighted by atomic mass is 10.1. The van der Waals surface area contributed by atoms with Crippen molar-refractivity contribution in [2.24, 2.45) is 0 Å². The van der Waals surface area contributed by atoms with Gasteiger partial charge in [-0.25, -0.2) is 4.79 Å². The zero-order chi connectivity index (χ0) is 17.2. The molecule has 1 N–H and O–H groups in total. The third-order valence-corrected chi connectivity index (χ3v) is 4.44. The summed E-state index contributed by atoms with van der Waals surface area (Å²) in [5.41, 5.74) is 1.99. The van der Waals surface area contributed by atoms with Crippen LogP contribution in [-0.4, -0.2) is 42.3 Å². The molecule has 2 aliphatic rings. The summed E-state index contributed by atoms with van der Waals surface area (Å²) in [6.45, 7) is 8.01. The van der Waals surface area contributed by atoms with Crippen LogP contribution in [0, 0.1) is 0 Å². The van der Waals surface area contributed by atoms with Crippen LogP contribution in [0.4, 0.5) is 10.5 Å². The first kappa shape index (κ1) is 16.9. The Morgan fingerprint density at radius 2 is 2.12 bits per heavy atom. The van der Waals surface area contributed by atoms with E-state index in [1.165, 1.54) is 5.56 Å². The number of hydrogen-bond acceptors (Lipinski definition) is 4. The molecule has 2 aliphatic heterocycles. The SMILES string of the molecule is CC(C)(C)OC(=O)N1CCCC(Nc2ccc3c(c2)CCO3)CC1. The zero-order valence-electron chi connectivity index (χ0n) is 14.9. The number of amides is 1. The molecule has 0 saturated carbocycles. The van der Waals surface area contributed by atoms with E-state index in [9.17, 15) is 4.79 Å². The fraction of sp³-hybridized carbons (Fsp3) is 0.632. The van der Waals surface area contributed by atoms with Crippen molar-refractivity contribution in [2.75, 3.05) is 25.0 Å². The van der Waals surface area contributed by atoms with Gasteiger partial charge in [-0.05, 0) is 63.8 Å². The maximum atomic E-state index is 12.2. The molecule has 2 heterocycles. The minimum Gasteiger partial charge on any atom is -0.493 e. The van der Waals surface area contributed by atoms with Gasteiger partial charge in [-0.15, -0.1) is 0 Å². The summed E-state index contributed by atoms with van der Waals surface area (Å²) in [5.74, 6) is 1.01. The number of rotatable bonds is 2. The summed E-state index contributed by atoms with van der Waals surface area (Å²) in [5, 5.41) is 3.62. The molecular weight excluding hydrogens is 304 g/mol. The lowest BCUT2D eigenvalue weighted by molar-refractivity contribution is 0.0256. The zero-order valence-corrected chi connectivity index (χ0v) is 14.9. The first-order chi connectivity index (χ1) is 11.4. The van der Waals surface area contributed by atoms with E-state index in [1.807, 2.05) is 31.7 Å². The van der Waals surface area contributed by atoms with Crippen LogP contribution in [0.15, 0.2) is 18.2 Å². The third kappa shape index (κ3) is 4.34. The van der Waals surface area contributed by atoms with Crippen molar-refractivity contribution in [3.8, 4) is 5.75 Å². The number of carbonyl (C=O) groups excluding carboxylic acids is 1. The molecule has 1 atom stereocenters. The van der Waals surface area contributed by atoms with Crippen LogP contribution in [0.5, 0.6) is 5.75 Å². The molecule has 0 radical (unpaired) electrons. The first-order valence-corrected chi connectivity index (χ1v) is 8.91. The maximum absolute atomic E-state index is 12.2. The molecule has 1 fully saturated rings. The molecule has 5 heteroatoms. The molecule has 1 aromatic rings. The van der Waals surface area contributed by atoms with Crippen LogP contribution in [0.3, 0.4) is 0 Å². The van der Waals surface area contributed by atoms with Crippen molar-refractivity contribution in [1.82, 2.24) is 4.90 Å². The highest BCUT2D eigenvalue weighted by Gasteiger charge is 2.25. The molecule has 1 saturated heterocycles. The number of benzene rings is 1. The third-order valence-electron chi connectivity index (χ3n) is 4.44. The van der Waals surface area contributed by atoms with E-state index in [1.54, 1.807) is 0 Å². The Balaban J connectivity index is 1.55. The second-order valence-corrected chi connectivity index (χ2v) is 7.66. The molecule has 5 nitrogen and oxygen atoms in total. The van der Waals surface area contributed by atoms with Crippen LogP contribution in [0.2, 0.25) is 0 Å². The van der Waals surface area contributed by atoms with E-state index in [2.05, 4.69) is 17.4 Å². The van der Waals surface area contributed by atoms with Crippen molar-refractivity contribution in [3.05, 3.63) is 23.8 Å². The topological polar surface area (TPSA) is 50.8 Å². The summed E-state index contributed by atoms with van der Waals surface area (Å²) in [4.78, 5) is 14.1. The normalized spacial score (nSPS) is 20.8. The molecule has 1 aromatic carbocycles. The Bertz CT molecular complexity index is 595. The highest BCUT2D eigenvalue weighted by atomic mass is 16.6. The molecule has 0 spiro atoms. The highest BCUT2D eigenvalue weighted by molar-refractivity contribution is 5.68. The Morgan fingerprint density at radius 1 is 1.29 bits per heavy atom. The average Bonchev–Trinajstić information content (AvgIpc) is 2.83. The predicted octanol–water partition coefficient (Wildman–Crippen LogP) is 3.82. The van der Waals surface area contributed by atoms with Gasteiger partial charge in [0.2, 0.25) is 0 Å². The second kappa shape index (κ2) is 6.91. The number of nitrogens with zero attached hydrogens (tertiary/aromatic N) is 1. The number of anilines is 1. The lowest BCUT2D eigenvalue weighted by Gasteiger charge is -2.26. The van der Waals surface area contributed by atoms with Crippen LogP contribution < -0.4 is 10.1 Å². The Kier molecular flexibility index (Phi) is 4.88. The molecule has 1 amide bonds. The van der Waals surface area contributed by atoms with E-state index < -0.39 is 5.60 Å². The van der Waals surface area contributed by atoms with Crippen LogP contribution in [0.25, 0.3) is 0 Å². The Morgan fingerprint density at radius 3 is 2.92 bits per heavy atom. The molecule has 24 heavy (non-hydrogen) atoms. The first-order valence-electron chi connectivity index (χ1n) is 8.91. The number of fused-ring (bicyclic) bond motifs is 1. The number of likely N-dealkylation sites (tertiary alicyclic amines) is 1. The van der Waals surface area contributed by atoms with Gasteiger partial charge >= 0.3 is 6.09 Å². The van der Waals surface area contributed by atoms with Gasteiger partial charge < -0.3 is 19.7 Å². The van der Waals surface area contributed by atoms with Gasteiger partial charge in [-0.2, -0.15) is 0 Å². The van der Waals surface area contributed by atoms with Crippen LogP contribution in [-0.2, 0) is 11.2 Å². The van der Waals surface area contributed by atoms with Gasteiger partial charge in [-0.3, -0.25) is 0 Å². The molecule has 0 aliphatic carbocycles. The molecular formula is C19H28N2O3. The van der Waals surface area contributed by atoms with Crippen molar-refractivity contribution in [3.63, 3.8) is 0 Å². The van der Waals surface area contributed by atoms with E-state index >= 15 is 0 Å². The van der Waals surface area contributed by atoms with Crippen molar-refractivity contribution in [1.29, 1.82) is 0 Å². The largest absolute Gasteiger partial charge is 0.493 e. The highest BCUT2D eigenvalue weighted by Crippen LogP contribution is 2.29. The van der Waals surface area contributed by atoms with Crippen LogP contribution in [0.1, 0.15) is 45.6 Å². The Hall–Kier alpha value is -1.91. The van der Waals surface area contributed by atoms with Crippen LogP contribution >= 0.6 is 0 Å². The van der Waals surface area contributed by atoms with Crippen molar-refractivity contribution in [2.45, 2.75) is 58.1 Å². The minimum absolute atomic E-state index is 0.196. The van der Waals surface area contributed by atoms with Gasteiger partial charge in [-0.1, -0.05) is 0 Å². The standard InChI is InChI=1S/C19H28N2O3/c1-19(2,3)24-18(22)21-10-4-5-15(8-11-21)20-16-6-7-17-14(13-16)9-12-23-17/h6-7,13,15,20H,4-5,8-12H2,1-3H3.